The van der Waals surface area contributed by atoms with E-state index in [1.807, 2.05) is 30.3 Å². The van der Waals surface area contributed by atoms with E-state index >= 15 is 0 Å². The maximum absolute atomic E-state index is 12.9. The number of carbonyl (C=O) groups is 2. The molecule has 1 N–H and O–H groups in total. The smallest absolute Gasteiger partial charge is 0.252 e. The van der Waals surface area contributed by atoms with E-state index in [0.717, 1.165) is 35.1 Å². The molecule has 0 saturated heterocycles. The monoisotopic (exact) mass is 359 g/mol. The molecule has 1 aliphatic rings. The molecular weight excluding hydrogens is 338 g/mol. The maximum atomic E-state index is 12.9. The van der Waals surface area contributed by atoms with Crippen molar-refractivity contribution in [2.75, 3.05) is 0 Å². The van der Waals surface area contributed by atoms with Gasteiger partial charge in [0.05, 0.1) is 23.3 Å². The van der Waals surface area contributed by atoms with Crippen LogP contribution in [0.25, 0.3) is 10.9 Å². The molecule has 2 aromatic heterocycles. The van der Waals surface area contributed by atoms with Crippen molar-refractivity contribution in [3.8, 4) is 0 Å². The topological polar surface area (TPSA) is 72.0 Å². The van der Waals surface area contributed by atoms with E-state index in [1.165, 1.54) is 6.92 Å². The van der Waals surface area contributed by atoms with Crippen molar-refractivity contribution in [2.45, 2.75) is 39.2 Å². The van der Waals surface area contributed by atoms with Crippen molar-refractivity contribution in [1.82, 2.24) is 15.3 Å². The number of rotatable bonds is 5. The zero-order valence-electron chi connectivity index (χ0n) is 15.5. The number of hydrogen-bond donors (Lipinski definition) is 1. The first-order valence-corrected chi connectivity index (χ1v) is 9.18. The summed E-state index contributed by atoms with van der Waals surface area (Å²) in [5.41, 5.74) is 4.52. The van der Waals surface area contributed by atoms with Crippen LogP contribution in [0.1, 0.15) is 63.5 Å². The van der Waals surface area contributed by atoms with Gasteiger partial charge in [0.15, 0.2) is 5.78 Å². The molecule has 5 nitrogen and oxygen atoms in total. The molecule has 1 aromatic carbocycles. The van der Waals surface area contributed by atoms with Crippen molar-refractivity contribution < 1.29 is 9.59 Å². The lowest BCUT2D eigenvalue weighted by Gasteiger charge is -2.11. The summed E-state index contributed by atoms with van der Waals surface area (Å²) >= 11 is 0. The van der Waals surface area contributed by atoms with E-state index in [1.54, 1.807) is 19.1 Å². The normalized spacial score (nSPS) is 13.6. The van der Waals surface area contributed by atoms with Gasteiger partial charge in [-0.25, -0.2) is 0 Å². The zero-order valence-corrected chi connectivity index (χ0v) is 15.5. The van der Waals surface area contributed by atoms with Crippen LogP contribution in [-0.2, 0) is 6.54 Å². The summed E-state index contributed by atoms with van der Waals surface area (Å²) in [4.78, 5) is 33.5. The third-order valence-electron chi connectivity index (χ3n) is 4.93. The highest BCUT2D eigenvalue weighted by Gasteiger charge is 2.26. The Hall–Kier alpha value is -3.08. The third-order valence-corrected chi connectivity index (χ3v) is 4.93. The lowest BCUT2D eigenvalue weighted by Crippen LogP contribution is -2.24. The molecule has 1 saturated carbocycles. The minimum atomic E-state index is -0.134. The molecule has 0 radical (unpaired) electrons. The second kappa shape index (κ2) is 6.91. The fourth-order valence-electron chi connectivity index (χ4n) is 3.32. The van der Waals surface area contributed by atoms with Gasteiger partial charge in [-0.1, -0.05) is 18.2 Å². The van der Waals surface area contributed by atoms with Crippen LogP contribution < -0.4 is 5.32 Å². The van der Waals surface area contributed by atoms with E-state index in [2.05, 4.69) is 10.3 Å². The second-order valence-corrected chi connectivity index (χ2v) is 7.06. The summed E-state index contributed by atoms with van der Waals surface area (Å²) in [6.07, 6.45) is 2.27. The molecule has 1 amide bonds. The van der Waals surface area contributed by atoms with E-state index in [-0.39, 0.29) is 11.7 Å². The predicted octanol–water partition coefficient (Wildman–Crippen LogP) is 3.95. The van der Waals surface area contributed by atoms with Gasteiger partial charge in [-0.05, 0) is 51.0 Å². The van der Waals surface area contributed by atoms with E-state index in [9.17, 15) is 9.59 Å². The van der Waals surface area contributed by atoms with Crippen molar-refractivity contribution in [2.24, 2.45) is 0 Å². The summed E-state index contributed by atoms with van der Waals surface area (Å²) in [6.45, 7) is 3.64. The lowest BCUT2D eigenvalue weighted by atomic mass is 10.1. The van der Waals surface area contributed by atoms with Crippen LogP contribution in [0.4, 0.5) is 0 Å². The SMILES string of the molecule is CC(=O)c1ccc(CNC(=O)c2cc(C3CC3)nc3ccccc23)nc1C. The molecule has 0 unspecified atom stereocenters. The number of fused-ring (bicyclic) bond motifs is 1. The minimum Gasteiger partial charge on any atom is -0.346 e. The molecule has 1 aliphatic carbocycles. The number of amides is 1. The molecule has 2 heterocycles. The number of aromatic nitrogens is 2. The number of carbonyl (C=O) groups excluding carboxylic acids is 2. The fraction of sp³-hybridized carbons (Fsp3) is 0.273. The Balaban J connectivity index is 1.58. The van der Waals surface area contributed by atoms with Gasteiger partial charge >= 0.3 is 0 Å². The van der Waals surface area contributed by atoms with Crippen LogP contribution in [0.2, 0.25) is 0 Å². The molecule has 0 spiro atoms. The van der Waals surface area contributed by atoms with Gasteiger partial charge in [-0.3, -0.25) is 19.6 Å². The summed E-state index contributed by atoms with van der Waals surface area (Å²) < 4.78 is 0. The first kappa shape index (κ1) is 17.3. The van der Waals surface area contributed by atoms with Crippen LogP contribution in [0.15, 0.2) is 42.5 Å². The maximum Gasteiger partial charge on any atom is 0.252 e. The Morgan fingerprint density at radius 2 is 1.85 bits per heavy atom. The number of benzene rings is 1. The highest BCUT2D eigenvalue weighted by atomic mass is 16.1. The van der Waals surface area contributed by atoms with Gasteiger partial charge < -0.3 is 5.32 Å². The first-order valence-electron chi connectivity index (χ1n) is 9.18. The zero-order chi connectivity index (χ0) is 19.0. The largest absolute Gasteiger partial charge is 0.346 e. The number of nitrogens with zero attached hydrogens (tertiary/aromatic N) is 2. The number of hydrogen-bond acceptors (Lipinski definition) is 4. The highest BCUT2D eigenvalue weighted by Crippen LogP contribution is 2.40. The van der Waals surface area contributed by atoms with Crippen LogP contribution in [0.5, 0.6) is 0 Å². The van der Waals surface area contributed by atoms with Gasteiger partial charge in [-0.2, -0.15) is 0 Å². The van der Waals surface area contributed by atoms with Crippen LogP contribution in [0.3, 0.4) is 0 Å². The molecule has 1 fully saturated rings. The number of nitrogens with one attached hydrogen (secondary N) is 1. The van der Waals surface area contributed by atoms with Crippen LogP contribution in [-0.4, -0.2) is 21.7 Å². The molecule has 0 atom stereocenters. The first-order chi connectivity index (χ1) is 13.0. The fourth-order valence-corrected chi connectivity index (χ4v) is 3.32. The van der Waals surface area contributed by atoms with E-state index in [4.69, 9.17) is 4.98 Å². The summed E-state index contributed by atoms with van der Waals surface area (Å²) in [7, 11) is 0. The Morgan fingerprint density at radius 3 is 2.56 bits per heavy atom. The molecular formula is C22H21N3O2. The Bertz CT molecular complexity index is 1050. The molecule has 4 rings (SSSR count). The van der Waals surface area contributed by atoms with Gasteiger partial charge in [0.1, 0.15) is 0 Å². The van der Waals surface area contributed by atoms with Gasteiger partial charge in [0, 0.05) is 28.3 Å². The molecule has 0 aliphatic heterocycles. The quantitative estimate of drug-likeness (QED) is 0.700. The molecule has 27 heavy (non-hydrogen) atoms. The highest BCUT2D eigenvalue weighted by molar-refractivity contribution is 6.06. The average molecular weight is 359 g/mol. The Kier molecular flexibility index (Phi) is 4.44. The van der Waals surface area contributed by atoms with Crippen molar-refractivity contribution in [3.63, 3.8) is 0 Å². The second-order valence-electron chi connectivity index (χ2n) is 7.06. The van der Waals surface area contributed by atoms with E-state index in [0.29, 0.717) is 29.3 Å². The van der Waals surface area contributed by atoms with Gasteiger partial charge in [0.25, 0.3) is 5.91 Å². The summed E-state index contributed by atoms with van der Waals surface area (Å²) in [6, 6.07) is 13.2. The Morgan fingerprint density at radius 1 is 1.07 bits per heavy atom. The number of ketones is 1. The minimum absolute atomic E-state index is 0.00792. The standard InChI is InChI=1S/C22H21N3O2/c1-13-17(14(2)26)10-9-16(24-13)12-23-22(27)19-11-21(15-7-8-15)25-20-6-4-3-5-18(19)20/h3-6,9-11,15H,7-8,12H2,1-2H3,(H,23,27). The third kappa shape index (κ3) is 3.58. The van der Waals surface area contributed by atoms with Crippen molar-refractivity contribution in [3.05, 3.63) is 70.7 Å². The Labute approximate surface area is 157 Å². The van der Waals surface area contributed by atoms with Crippen LogP contribution >= 0.6 is 0 Å². The summed E-state index contributed by atoms with van der Waals surface area (Å²) in [5.74, 6) is 0.335. The number of pyridine rings is 2. The number of aryl methyl sites for hydroxylation is 1. The summed E-state index contributed by atoms with van der Waals surface area (Å²) in [5, 5.41) is 3.81. The average Bonchev–Trinajstić information content (AvgIpc) is 3.50. The van der Waals surface area contributed by atoms with E-state index < -0.39 is 0 Å². The van der Waals surface area contributed by atoms with Crippen molar-refractivity contribution >= 4 is 22.6 Å². The number of para-hydroxylation sites is 1. The van der Waals surface area contributed by atoms with Gasteiger partial charge in [0.2, 0.25) is 0 Å². The van der Waals surface area contributed by atoms with Crippen molar-refractivity contribution in [1.29, 1.82) is 0 Å². The molecule has 3 aromatic rings. The number of Topliss-reactive ketones (excluding diaryl/α,β-unsaturated/α-hetero) is 1. The van der Waals surface area contributed by atoms with Gasteiger partial charge in [-0.15, -0.1) is 0 Å². The van der Waals surface area contributed by atoms with Crippen LogP contribution in [0, 0.1) is 6.92 Å². The molecule has 0 bridgehead atoms. The predicted molar refractivity (Wildman–Crippen MR) is 104 cm³/mol. The molecule has 136 valence electrons. The lowest BCUT2D eigenvalue weighted by molar-refractivity contribution is 0.0950. The molecule has 5 heteroatoms.